The first-order chi connectivity index (χ1) is 8.60. The third-order valence-electron chi connectivity index (χ3n) is 4.64. The minimum Gasteiger partial charge on any atom is -0.302 e. The van der Waals surface area contributed by atoms with Gasteiger partial charge < -0.3 is 5.32 Å². The number of thiazole rings is 1. The SMILES string of the molecule is Cc1csc(C2(NC3CC3)CC(C)CCC2C)n1. The van der Waals surface area contributed by atoms with Crippen molar-refractivity contribution in [1.82, 2.24) is 10.3 Å². The molecule has 0 aliphatic heterocycles. The zero-order valence-electron chi connectivity index (χ0n) is 11.7. The summed E-state index contributed by atoms with van der Waals surface area (Å²) in [5, 5.41) is 7.51. The van der Waals surface area contributed by atoms with Crippen molar-refractivity contribution in [2.75, 3.05) is 0 Å². The quantitative estimate of drug-likeness (QED) is 0.897. The molecule has 100 valence electrons. The third-order valence-corrected chi connectivity index (χ3v) is 5.78. The molecule has 3 rings (SSSR count). The summed E-state index contributed by atoms with van der Waals surface area (Å²) in [7, 11) is 0. The smallest absolute Gasteiger partial charge is 0.113 e. The fourth-order valence-corrected chi connectivity index (χ4v) is 4.43. The zero-order chi connectivity index (χ0) is 12.8. The number of aromatic nitrogens is 1. The minimum absolute atomic E-state index is 0.164. The lowest BCUT2D eigenvalue weighted by Crippen LogP contribution is -2.51. The molecule has 3 unspecified atom stereocenters. The van der Waals surface area contributed by atoms with Gasteiger partial charge in [0.25, 0.3) is 0 Å². The summed E-state index contributed by atoms with van der Waals surface area (Å²) >= 11 is 1.86. The van der Waals surface area contributed by atoms with E-state index in [-0.39, 0.29) is 5.54 Å². The van der Waals surface area contributed by atoms with E-state index in [0.29, 0.717) is 5.92 Å². The van der Waals surface area contributed by atoms with Crippen LogP contribution in [0.5, 0.6) is 0 Å². The summed E-state index contributed by atoms with van der Waals surface area (Å²) < 4.78 is 0. The van der Waals surface area contributed by atoms with Crippen LogP contribution in [-0.2, 0) is 5.54 Å². The van der Waals surface area contributed by atoms with Crippen LogP contribution in [0.1, 0.15) is 56.7 Å². The molecule has 0 radical (unpaired) electrons. The van der Waals surface area contributed by atoms with Gasteiger partial charge in [-0.15, -0.1) is 11.3 Å². The van der Waals surface area contributed by atoms with Gasteiger partial charge in [-0.1, -0.05) is 20.3 Å². The normalized spacial score (nSPS) is 36.8. The molecule has 3 heteroatoms. The predicted molar refractivity (Wildman–Crippen MR) is 76.9 cm³/mol. The first-order valence-electron chi connectivity index (χ1n) is 7.30. The van der Waals surface area contributed by atoms with E-state index in [2.05, 4.69) is 31.5 Å². The summed E-state index contributed by atoms with van der Waals surface area (Å²) in [5.41, 5.74) is 1.34. The van der Waals surface area contributed by atoms with Crippen molar-refractivity contribution in [3.8, 4) is 0 Å². The first kappa shape index (κ1) is 12.6. The second-order valence-electron chi connectivity index (χ2n) is 6.47. The second kappa shape index (κ2) is 4.61. The van der Waals surface area contributed by atoms with Gasteiger partial charge >= 0.3 is 0 Å². The van der Waals surface area contributed by atoms with Crippen LogP contribution in [-0.4, -0.2) is 11.0 Å². The van der Waals surface area contributed by atoms with E-state index >= 15 is 0 Å². The molecule has 18 heavy (non-hydrogen) atoms. The van der Waals surface area contributed by atoms with Gasteiger partial charge in [0.05, 0.1) is 5.54 Å². The lowest BCUT2D eigenvalue weighted by molar-refractivity contribution is 0.115. The van der Waals surface area contributed by atoms with E-state index in [0.717, 1.165) is 12.0 Å². The van der Waals surface area contributed by atoms with Crippen LogP contribution in [0.2, 0.25) is 0 Å². The summed E-state index contributed by atoms with van der Waals surface area (Å²) in [6, 6.07) is 0.752. The van der Waals surface area contributed by atoms with Gasteiger partial charge in [0.2, 0.25) is 0 Å². The standard InChI is InChI=1S/C15H24N2S/c1-10-4-5-11(2)15(8-10,17-13-6-7-13)14-16-12(3)9-18-14/h9-11,13,17H,4-8H2,1-3H3. The number of aryl methyl sites for hydroxylation is 1. The van der Waals surface area contributed by atoms with Crippen LogP contribution in [0.3, 0.4) is 0 Å². The Kier molecular flexibility index (Phi) is 3.23. The largest absolute Gasteiger partial charge is 0.302 e. The van der Waals surface area contributed by atoms with Gasteiger partial charge in [0, 0.05) is 17.1 Å². The molecule has 0 bridgehead atoms. The summed E-state index contributed by atoms with van der Waals surface area (Å²) in [6.07, 6.45) is 6.68. The van der Waals surface area contributed by atoms with Crippen molar-refractivity contribution in [3.63, 3.8) is 0 Å². The van der Waals surface area contributed by atoms with Crippen molar-refractivity contribution in [2.45, 2.75) is 64.5 Å². The Morgan fingerprint density at radius 2 is 2.06 bits per heavy atom. The molecular formula is C15H24N2S. The van der Waals surface area contributed by atoms with Crippen LogP contribution in [0, 0.1) is 18.8 Å². The molecule has 1 aromatic rings. The minimum atomic E-state index is 0.164. The molecule has 2 aliphatic carbocycles. The average Bonchev–Trinajstić information content (AvgIpc) is 3.03. The molecule has 2 nitrogen and oxygen atoms in total. The molecule has 2 aliphatic rings. The summed E-state index contributed by atoms with van der Waals surface area (Å²) in [6.45, 7) is 6.93. The fourth-order valence-electron chi connectivity index (χ4n) is 3.35. The Bertz CT molecular complexity index is 420. The number of rotatable bonds is 3. The molecule has 0 saturated heterocycles. The maximum atomic E-state index is 4.83. The monoisotopic (exact) mass is 264 g/mol. The Balaban J connectivity index is 1.95. The van der Waals surface area contributed by atoms with Crippen molar-refractivity contribution < 1.29 is 0 Å². The first-order valence-corrected chi connectivity index (χ1v) is 8.18. The molecule has 2 fully saturated rings. The van der Waals surface area contributed by atoms with Crippen LogP contribution in [0.15, 0.2) is 5.38 Å². The lowest BCUT2D eigenvalue weighted by Gasteiger charge is -2.44. The van der Waals surface area contributed by atoms with Crippen LogP contribution < -0.4 is 5.32 Å². The summed E-state index contributed by atoms with van der Waals surface area (Å²) in [5.74, 6) is 1.52. The zero-order valence-corrected chi connectivity index (χ0v) is 12.5. The van der Waals surface area contributed by atoms with Crippen molar-refractivity contribution in [1.29, 1.82) is 0 Å². The third kappa shape index (κ3) is 2.23. The number of nitrogens with zero attached hydrogens (tertiary/aromatic N) is 1. The van der Waals surface area contributed by atoms with Gasteiger partial charge in [-0.2, -0.15) is 0 Å². The number of hydrogen-bond donors (Lipinski definition) is 1. The second-order valence-corrected chi connectivity index (χ2v) is 7.33. The molecule has 2 saturated carbocycles. The number of hydrogen-bond acceptors (Lipinski definition) is 3. The Morgan fingerprint density at radius 1 is 1.28 bits per heavy atom. The molecule has 0 spiro atoms. The van der Waals surface area contributed by atoms with Gasteiger partial charge in [0.1, 0.15) is 5.01 Å². The highest BCUT2D eigenvalue weighted by Gasteiger charge is 2.46. The molecule has 0 amide bonds. The van der Waals surface area contributed by atoms with E-state index in [9.17, 15) is 0 Å². The summed E-state index contributed by atoms with van der Waals surface area (Å²) in [4.78, 5) is 4.83. The molecular weight excluding hydrogens is 240 g/mol. The van der Waals surface area contributed by atoms with Gasteiger partial charge in [0.15, 0.2) is 0 Å². The molecule has 1 heterocycles. The van der Waals surface area contributed by atoms with Crippen LogP contribution >= 0.6 is 11.3 Å². The molecule has 0 aromatic carbocycles. The van der Waals surface area contributed by atoms with E-state index < -0.39 is 0 Å². The van der Waals surface area contributed by atoms with E-state index in [1.165, 1.54) is 42.8 Å². The molecule has 1 aromatic heterocycles. The molecule has 1 N–H and O–H groups in total. The van der Waals surface area contributed by atoms with Crippen LogP contribution in [0.25, 0.3) is 0 Å². The van der Waals surface area contributed by atoms with Gasteiger partial charge in [-0.05, 0) is 44.4 Å². The van der Waals surface area contributed by atoms with Crippen molar-refractivity contribution in [3.05, 3.63) is 16.1 Å². The van der Waals surface area contributed by atoms with Crippen molar-refractivity contribution in [2.24, 2.45) is 11.8 Å². The lowest BCUT2D eigenvalue weighted by atomic mass is 9.70. The maximum absolute atomic E-state index is 4.83. The van der Waals surface area contributed by atoms with Crippen LogP contribution in [0.4, 0.5) is 0 Å². The van der Waals surface area contributed by atoms with E-state index in [4.69, 9.17) is 4.98 Å². The van der Waals surface area contributed by atoms with Gasteiger partial charge in [-0.3, -0.25) is 0 Å². The average molecular weight is 264 g/mol. The highest BCUT2D eigenvalue weighted by atomic mass is 32.1. The topological polar surface area (TPSA) is 24.9 Å². The van der Waals surface area contributed by atoms with Crippen molar-refractivity contribution >= 4 is 11.3 Å². The highest BCUT2D eigenvalue weighted by molar-refractivity contribution is 7.09. The van der Waals surface area contributed by atoms with Gasteiger partial charge in [-0.25, -0.2) is 4.98 Å². The number of nitrogens with one attached hydrogen (secondary N) is 1. The molecule has 3 atom stereocenters. The Morgan fingerprint density at radius 3 is 2.67 bits per heavy atom. The Hall–Kier alpha value is -0.410. The highest BCUT2D eigenvalue weighted by Crippen LogP contribution is 2.46. The van der Waals surface area contributed by atoms with E-state index in [1.54, 1.807) is 0 Å². The maximum Gasteiger partial charge on any atom is 0.113 e. The van der Waals surface area contributed by atoms with E-state index in [1.807, 2.05) is 11.3 Å². The fraction of sp³-hybridized carbons (Fsp3) is 0.800. The predicted octanol–water partition coefficient (Wildman–Crippen LogP) is 3.85. The Labute approximate surface area is 114 Å².